The summed E-state index contributed by atoms with van der Waals surface area (Å²) < 4.78 is 22.5. The molecule has 0 fully saturated rings. The summed E-state index contributed by atoms with van der Waals surface area (Å²) in [6.45, 7) is 2.58. The van der Waals surface area contributed by atoms with E-state index in [-0.39, 0.29) is 17.1 Å². The molecule has 2 heterocycles. The van der Waals surface area contributed by atoms with Gasteiger partial charge >= 0.3 is 17.9 Å². The fourth-order valence-corrected chi connectivity index (χ4v) is 4.21. The summed E-state index contributed by atoms with van der Waals surface area (Å²) in [5.74, 6) is -0.369. The highest BCUT2D eigenvalue weighted by Gasteiger charge is 2.54. The maximum atomic E-state index is 12.9. The summed E-state index contributed by atoms with van der Waals surface area (Å²) >= 11 is 0. The predicted octanol–water partition coefficient (Wildman–Crippen LogP) is 3.69. The average Bonchev–Trinajstić information content (AvgIpc) is 3.01. The lowest BCUT2D eigenvalue weighted by molar-refractivity contribution is -0.132. The average molecular weight is 431 g/mol. The van der Waals surface area contributed by atoms with Gasteiger partial charge in [-0.25, -0.2) is 4.79 Å². The molecule has 0 atom stereocenters. The van der Waals surface area contributed by atoms with Crippen LogP contribution >= 0.6 is 0 Å². The number of hydrogen-bond acceptors (Lipinski definition) is 8. The Morgan fingerprint density at radius 2 is 1.41 bits per heavy atom. The molecule has 0 saturated carbocycles. The highest BCUT2D eigenvalue weighted by atomic mass is 16.6. The molecule has 0 unspecified atom stereocenters. The predicted molar refractivity (Wildman–Crippen MR) is 112 cm³/mol. The third-order valence-corrected chi connectivity index (χ3v) is 5.33. The maximum Gasteiger partial charge on any atom is 0.342 e. The van der Waals surface area contributed by atoms with Crippen LogP contribution in [0.15, 0.2) is 54.6 Å². The number of anilines is 1. The van der Waals surface area contributed by atoms with Gasteiger partial charge in [0.05, 0.1) is 5.56 Å². The first kappa shape index (κ1) is 19.6. The molecule has 3 aromatic rings. The highest BCUT2D eigenvalue weighted by Crippen LogP contribution is 2.57. The van der Waals surface area contributed by atoms with E-state index < -0.39 is 23.5 Å². The number of carbonyl (C=O) groups is 3. The molecular formula is C24H17NO7. The number of esters is 3. The highest BCUT2D eigenvalue weighted by molar-refractivity contribution is 6.01. The number of rotatable bonds is 2. The third-order valence-electron chi connectivity index (χ3n) is 5.33. The minimum atomic E-state index is -1.34. The zero-order valence-corrected chi connectivity index (χ0v) is 17.1. The van der Waals surface area contributed by atoms with Gasteiger partial charge in [-0.15, -0.1) is 0 Å². The van der Waals surface area contributed by atoms with Crippen LogP contribution in [0, 0.1) is 0 Å². The van der Waals surface area contributed by atoms with E-state index in [1.807, 2.05) is 0 Å². The summed E-state index contributed by atoms with van der Waals surface area (Å²) in [6, 6.07) is 14.8. The Morgan fingerprint density at radius 1 is 0.844 bits per heavy atom. The minimum Gasteiger partial charge on any atom is -0.456 e. The standard InChI is InChI=1S/C24H17NO7/c1-12(26)29-14-6-8-16-20(10-14)31-21-11-15(30-13(2)27)7-9-17(21)24(16)18-4-3-5-19(25)22(18)23(28)32-24/h3-11H,25H2,1-2H3. The van der Waals surface area contributed by atoms with Gasteiger partial charge in [0.15, 0.2) is 5.60 Å². The Kier molecular flexibility index (Phi) is 4.20. The molecule has 0 bridgehead atoms. The van der Waals surface area contributed by atoms with Crippen molar-refractivity contribution in [3.05, 3.63) is 76.9 Å². The summed E-state index contributed by atoms with van der Waals surface area (Å²) in [6.07, 6.45) is 0. The van der Waals surface area contributed by atoms with E-state index in [9.17, 15) is 14.4 Å². The van der Waals surface area contributed by atoms with Gasteiger partial charge in [-0.3, -0.25) is 9.59 Å². The number of benzene rings is 3. The molecule has 3 aromatic carbocycles. The monoisotopic (exact) mass is 431 g/mol. The normalized spacial score (nSPS) is 14.5. The second-order valence-corrected chi connectivity index (χ2v) is 7.45. The molecule has 2 aliphatic heterocycles. The number of nitrogens with two attached hydrogens (primary N) is 1. The van der Waals surface area contributed by atoms with Crippen LogP contribution in [0.1, 0.15) is 40.9 Å². The molecule has 8 nitrogen and oxygen atoms in total. The van der Waals surface area contributed by atoms with Gasteiger partial charge in [0.1, 0.15) is 23.0 Å². The van der Waals surface area contributed by atoms with E-state index >= 15 is 0 Å². The molecule has 160 valence electrons. The van der Waals surface area contributed by atoms with Gasteiger partial charge in [-0.2, -0.15) is 0 Å². The van der Waals surface area contributed by atoms with Gasteiger partial charge < -0.3 is 24.7 Å². The second-order valence-electron chi connectivity index (χ2n) is 7.45. The van der Waals surface area contributed by atoms with E-state index in [0.29, 0.717) is 33.9 Å². The van der Waals surface area contributed by atoms with E-state index in [4.69, 9.17) is 24.7 Å². The molecule has 0 aliphatic carbocycles. The molecule has 2 aliphatic rings. The van der Waals surface area contributed by atoms with Crippen molar-refractivity contribution in [3.63, 3.8) is 0 Å². The van der Waals surface area contributed by atoms with Crippen LogP contribution in [-0.4, -0.2) is 17.9 Å². The fourth-order valence-electron chi connectivity index (χ4n) is 4.21. The van der Waals surface area contributed by atoms with Crippen molar-refractivity contribution in [2.45, 2.75) is 19.4 Å². The zero-order valence-electron chi connectivity index (χ0n) is 17.1. The van der Waals surface area contributed by atoms with Gasteiger partial charge in [-0.1, -0.05) is 12.1 Å². The van der Waals surface area contributed by atoms with Crippen LogP contribution in [0.3, 0.4) is 0 Å². The Labute approximate surface area is 182 Å². The van der Waals surface area contributed by atoms with Crippen LogP contribution in [0.2, 0.25) is 0 Å². The van der Waals surface area contributed by atoms with E-state index in [1.165, 1.54) is 26.0 Å². The SMILES string of the molecule is CC(=O)Oc1ccc2c(c1)Oc1cc(OC(C)=O)ccc1C21OC(=O)c2c(N)cccc21. The smallest absolute Gasteiger partial charge is 0.342 e. The Hall–Kier alpha value is -4.33. The van der Waals surface area contributed by atoms with Crippen LogP contribution in [0.5, 0.6) is 23.0 Å². The first-order chi connectivity index (χ1) is 15.3. The van der Waals surface area contributed by atoms with Crippen molar-refractivity contribution in [1.82, 2.24) is 0 Å². The lowest BCUT2D eigenvalue weighted by atomic mass is 9.77. The van der Waals surface area contributed by atoms with E-state index in [0.717, 1.165) is 0 Å². The fraction of sp³-hybridized carbons (Fsp3) is 0.125. The maximum absolute atomic E-state index is 12.9. The van der Waals surface area contributed by atoms with Crippen molar-refractivity contribution >= 4 is 23.6 Å². The van der Waals surface area contributed by atoms with Crippen molar-refractivity contribution in [1.29, 1.82) is 0 Å². The Bertz CT molecular complexity index is 1260. The zero-order chi connectivity index (χ0) is 22.6. The third kappa shape index (κ3) is 2.80. The molecule has 32 heavy (non-hydrogen) atoms. The molecular weight excluding hydrogens is 414 g/mol. The van der Waals surface area contributed by atoms with Gasteiger partial charge in [0.25, 0.3) is 0 Å². The van der Waals surface area contributed by atoms with Crippen LogP contribution < -0.4 is 19.9 Å². The first-order valence-electron chi connectivity index (χ1n) is 9.75. The summed E-state index contributed by atoms with van der Waals surface area (Å²) in [4.78, 5) is 35.8. The number of fused-ring (bicyclic) bond motifs is 6. The lowest BCUT2D eigenvalue weighted by Gasteiger charge is -2.36. The summed E-state index contributed by atoms with van der Waals surface area (Å²) in [5, 5.41) is 0. The topological polar surface area (TPSA) is 114 Å². The first-order valence-corrected chi connectivity index (χ1v) is 9.75. The van der Waals surface area contributed by atoms with Gasteiger partial charge in [-0.05, 0) is 30.3 Å². The molecule has 8 heteroatoms. The van der Waals surface area contributed by atoms with Crippen molar-refractivity contribution < 1.29 is 33.3 Å². The van der Waals surface area contributed by atoms with Crippen molar-refractivity contribution in [3.8, 4) is 23.0 Å². The van der Waals surface area contributed by atoms with Crippen LogP contribution in [-0.2, 0) is 19.9 Å². The molecule has 0 aromatic heterocycles. The Balaban J connectivity index is 1.78. The van der Waals surface area contributed by atoms with Crippen molar-refractivity contribution in [2.75, 3.05) is 5.73 Å². The molecule has 1 spiro atoms. The molecule has 2 N–H and O–H groups in total. The number of nitrogen functional groups attached to an aromatic ring is 1. The van der Waals surface area contributed by atoms with Crippen molar-refractivity contribution in [2.24, 2.45) is 0 Å². The van der Waals surface area contributed by atoms with Gasteiger partial charge in [0, 0.05) is 48.4 Å². The second kappa shape index (κ2) is 6.84. The van der Waals surface area contributed by atoms with Crippen LogP contribution in [0.4, 0.5) is 5.69 Å². The molecule has 5 rings (SSSR count). The van der Waals surface area contributed by atoms with E-state index in [1.54, 1.807) is 42.5 Å². The summed E-state index contributed by atoms with van der Waals surface area (Å²) in [5.41, 5.74) is 6.98. The number of carbonyl (C=O) groups excluding carboxylic acids is 3. The molecule has 0 radical (unpaired) electrons. The number of ether oxygens (including phenoxy) is 4. The van der Waals surface area contributed by atoms with Crippen LogP contribution in [0.25, 0.3) is 0 Å². The largest absolute Gasteiger partial charge is 0.456 e. The number of hydrogen-bond donors (Lipinski definition) is 1. The summed E-state index contributed by atoms with van der Waals surface area (Å²) in [7, 11) is 0. The minimum absolute atomic E-state index is 0.267. The molecule has 0 amide bonds. The quantitative estimate of drug-likeness (QED) is 0.371. The molecule has 0 saturated heterocycles. The lowest BCUT2D eigenvalue weighted by Crippen LogP contribution is -2.33. The Morgan fingerprint density at radius 3 is 1.94 bits per heavy atom. The van der Waals surface area contributed by atoms with E-state index in [2.05, 4.69) is 0 Å². The van der Waals surface area contributed by atoms with Gasteiger partial charge in [0.2, 0.25) is 0 Å².